The van der Waals surface area contributed by atoms with E-state index in [1.807, 2.05) is 13.8 Å². The molecule has 1 aromatic carbocycles. The van der Waals surface area contributed by atoms with Crippen LogP contribution in [0.4, 0.5) is 0 Å². The van der Waals surface area contributed by atoms with Gasteiger partial charge >= 0.3 is 5.97 Å². The maximum absolute atomic E-state index is 11.1. The molecular formula is C25H40O4. The highest BCUT2D eigenvalue weighted by molar-refractivity contribution is 5.73. The average molecular weight is 405 g/mol. The van der Waals surface area contributed by atoms with Crippen LogP contribution in [0.5, 0.6) is 0 Å². The smallest absolute Gasteiger partial charge is 0.309 e. The van der Waals surface area contributed by atoms with Crippen molar-refractivity contribution in [1.29, 1.82) is 0 Å². The Morgan fingerprint density at radius 1 is 0.897 bits per heavy atom. The zero-order valence-electron chi connectivity index (χ0n) is 19.1. The second-order valence-corrected chi connectivity index (χ2v) is 9.61. The van der Waals surface area contributed by atoms with E-state index in [9.17, 15) is 9.59 Å². The van der Waals surface area contributed by atoms with Gasteiger partial charge in [0.1, 0.15) is 5.60 Å². The topological polar surface area (TPSA) is 63.6 Å². The van der Waals surface area contributed by atoms with Gasteiger partial charge in [-0.3, -0.25) is 9.59 Å². The zero-order chi connectivity index (χ0) is 21.9. The van der Waals surface area contributed by atoms with E-state index in [0.717, 1.165) is 64.2 Å². The second kappa shape index (κ2) is 12.0. The van der Waals surface area contributed by atoms with Crippen molar-refractivity contribution >= 4 is 12.4 Å². The van der Waals surface area contributed by atoms with Gasteiger partial charge in [-0.2, -0.15) is 0 Å². The number of hydrogen-bond acceptors (Lipinski definition) is 3. The van der Waals surface area contributed by atoms with E-state index in [2.05, 4.69) is 25.1 Å². The quantitative estimate of drug-likeness (QED) is 0.277. The summed E-state index contributed by atoms with van der Waals surface area (Å²) in [4.78, 5) is 21.7. The van der Waals surface area contributed by atoms with Crippen molar-refractivity contribution < 1.29 is 19.4 Å². The van der Waals surface area contributed by atoms with E-state index < -0.39 is 11.4 Å². The standard InChI is InChI=1S/C25H40O4/c1-20-16-21(12-8-6-7-10-14-24(2,3)23(27)28)18-22(17-20)13-9-11-15-25(4,5)29-19-26/h16-19H,6-15H2,1-5H3,(H,27,28). The molecule has 0 unspecified atom stereocenters. The minimum Gasteiger partial charge on any atom is -0.481 e. The number of unbranched alkanes of at least 4 members (excludes halogenated alkanes) is 4. The van der Waals surface area contributed by atoms with Crippen LogP contribution in [-0.2, 0) is 27.2 Å². The van der Waals surface area contributed by atoms with Crippen LogP contribution in [0.3, 0.4) is 0 Å². The van der Waals surface area contributed by atoms with Crippen molar-refractivity contribution in [1.82, 2.24) is 0 Å². The second-order valence-electron chi connectivity index (χ2n) is 9.61. The molecule has 0 aliphatic carbocycles. The Morgan fingerprint density at radius 3 is 1.97 bits per heavy atom. The molecule has 0 saturated heterocycles. The number of aliphatic carboxylic acids is 1. The van der Waals surface area contributed by atoms with Crippen LogP contribution in [0.25, 0.3) is 0 Å². The molecule has 4 nitrogen and oxygen atoms in total. The molecule has 1 N–H and O–H groups in total. The Labute approximate surface area is 177 Å². The van der Waals surface area contributed by atoms with Gasteiger partial charge in [-0.1, -0.05) is 43.0 Å². The largest absolute Gasteiger partial charge is 0.481 e. The van der Waals surface area contributed by atoms with E-state index in [1.165, 1.54) is 16.7 Å². The SMILES string of the molecule is Cc1cc(CCCCCCC(C)(C)C(=O)O)cc(CCCCC(C)(C)OC=O)c1. The number of hydrogen-bond donors (Lipinski definition) is 1. The summed E-state index contributed by atoms with van der Waals surface area (Å²) in [5, 5.41) is 9.17. The lowest BCUT2D eigenvalue weighted by Crippen LogP contribution is -2.23. The first-order valence-electron chi connectivity index (χ1n) is 11.0. The zero-order valence-corrected chi connectivity index (χ0v) is 19.1. The van der Waals surface area contributed by atoms with Gasteiger partial charge in [0.05, 0.1) is 5.41 Å². The third kappa shape index (κ3) is 10.5. The van der Waals surface area contributed by atoms with Crippen molar-refractivity contribution in [2.24, 2.45) is 5.41 Å². The lowest BCUT2D eigenvalue weighted by molar-refractivity contribution is -0.147. The molecule has 164 valence electrons. The van der Waals surface area contributed by atoms with Gasteiger partial charge in [0.25, 0.3) is 6.47 Å². The number of benzene rings is 1. The summed E-state index contributed by atoms with van der Waals surface area (Å²) < 4.78 is 5.11. The Morgan fingerprint density at radius 2 is 1.41 bits per heavy atom. The van der Waals surface area contributed by atoms with E-state index >= 15 is 0 Å². The van der Waals surface area contributed by atoms with Gasteiger partial charge in [-0.25, -0.2) is 0 Å². The lowest BCUT2D eigenvalue weighted by atomic mass is 9.87. The summed E-state index contributed by atoms with van der Waals surface area (Å²) in [7, 11) is 0. The molecule has 0 radical (unpaired) electrons. The molecular weight excluding hydrogens is 364 g/mol. The Bertz CT molecular complexity index is 646. The molecule has 0 fully saturated rings. The number of carbonyl (C=O) groups excluding carboxylic acids is 1. The highest BCUT2D eigenvalue weighted by atomic mass is 16.5. The predicted octanol–water partition coefficient (Wildman–Crippen LogP) is 6.26. The van der Waals surface area contributed by atoms with Crippen molar-refractivity contribution in [3.05, 3.63) is 34.9 Å². The first kappa shape index (κ1) is 25.2. The molecule has 0 aliphatic heterocycles. The molecule has 29 heavy (non-hydrogen) atoms. The van der Waals surface area contributed by atoms with E-state index in [0.29, 0.717) is 6.47 Å². The minimum atomic E-state index is -0.704. The molecule has 0 saturated carbocycles. The van der Waals surface area contributed by atoms with Crippen LogP contribution < -0.4 is 0 Å². The molecule has 1 aromatic rings. The summed E-state index contributed by atoms with van der Waals surface area (Å²) in [5.41, 5.74) is 3.11. The molecule has 0 aromatic heterocycles. The van der Waals surface area contributed by atoms with E-state index in [-0.39, 0.29) is 5.60 Å². The van der Waals surface area contributed by atoms with Gasteiger partial charge < -0.3 is 9.84 Å². The van der Waals surface area contributed by atoms with Crippen LogP contribution in [0.15, 0.2) is 18.2 Å². The molecule has 0 atom stereocenters. The molecule has 0 aliphatic rings. The third-order valence-electron chi connectivity index (χ3n) is 5.65. The van der Waals surface area contributed by atoms with Gasteiger partial charge in [0.2, 0.25) is 0 Å². The van der Waals surface area contributed by atoms with E-state index in [4.69, 9.17) is 9.84 Å². The summed E-state index contributed by atoms with van der Waals surface area (Å²) in [5.74, 6) is -0.704. The Kier molecular flexibility index (Phi) is 10.4. The fraction of sp³-hybridized carbons (Fsp3) is 0.680. The molecule has 0 bridgehead atoms. The monoisotopic (exact) mass is 404 g/mol. The molecule has 0 amide bonds. The normalized spacial score (nSPS) is 12.0. The van der Waals surface area contributed by atoms with Crippen LogP contribution in [0.1, 0.15) is 95.8 Å². The molecule has 4 heteroatoms. The minimum absolute atomic E-state index is 0.376. The lowest BCUT2D eigenvalue weighted by Gasteiger charge is -2.22. The van der Waals surface area contributed by atoms with Gasteiger partial charge in [-0.15, -0.1) is 0 Å². The number of ether oxygens (including phenoxy) is 1. The first-order valence-corrected chi connectivity index (χ1v) is 11.0. The summed E-state index contributed by atoms with van der Waals surface area (Å²) in [6.07, 6.45) is 10.2. The highest BCUT2D eigenvalue weighted by Crippen LogP contribution is 2.24. The van der Waals surface area contributed by atoms with Crippen LogP contribution in [0.2, 0.25) is 0 Å². The Balaban J connectivity index is 2.34. The van der Waals surface area contributed by atoms with Crippen molar-refractivity contribution in [2.75, 3.05) is 0 Å². The predicted molar refractivity (Wildman–Crippen MR) is 118 cm³/mol. The molecule has 0 heterocycles. The number of aryl methyl sites for hydroxylation is 3. The summed E-state index contributed by atoms with van der Waals surface area (Å²) in [6, 6.07) is 6.87. The van der Waals surface area contributed by atoms with Crippen molar-refractivity contribution in [2.45, 2.75) is 104 Å². The fourth-order valence-electron chi connectivity index (χ4n) is 3.66. The fourth-order valence-corrected chi connectivity index (χ4v) is 3.66. The van der Waals surface area contributed by atoms with Gasteiger partial charge in [0.15, 0.2) is 0 Å². The van der Waals surface area contributed by atoms with Crippen molar-refractivity contribution in [3.8, 4) is 0 Å². The first-order chi connectivity index (χ1) is 13.6. The maximum atomic E-state index is 11.1. The molecule has 1 rings (SSSR count). The molecule has 0 spiro atoms. The number of carboxylic acid groups (broad SMARTS) is 1. The highest BCUT2D eigenvalue weighted by Gasteiger charge is 2.25. The van der Waals surface area contributed by atoms with Gasteiger partial charge in [-0.05, 0) is 90.7 Å². The number of carboxylic acids is 1. The Hall–Kier alpha value is -1.84. The van der Waals surface area contributed by atoms with Crippen LogP contribution in [0, 0.1) is 12.3 Å². The average Bonchev–Trinajstić information content (AvgIpc) is 2.61. The van der Waals surface area contributed by atoms with Crippen LogP contribution in [-0.4, -0.2) is 23.1 Å². The summed E-state index contributed by atoms with van der Waals surface area (Å²) in [6.45, 7) is 10.2. The number of carbonyl (C=O) groups is 2. The van der Waals surface area contributed by atoms with E-state index in [1.54, 1.807) is 13.8 Å². The van der Waals surface area contributed by atoms with Gasteiger partial charge in [0, 0.05) is 0 Å². The maximum Gasteiger partial charge on any atom is 0.309 e. The van der Waals surface area contributed by atoms with Crippen molar-refractivity contribution in [3.63, 3.8) is 0 Å². The van der Waals surface area contributed by atoms with Crippen LogP contribution >= 0.6 is 0 Å². The third-order valence-corrected chi connectivity index (χ3v) is 5.65. The summed E-state index contributed by atoms with van der Waals surface area (Å²) >= 11 is 0. The number of rotatable bonds is 15.